The molecular formula is C20H21ClN4O3. The van der Waals surface area contributed by atoms with Gasteiger partial charge in [-0.05, 0) is 42.5 Å². The molecule has 0 amide bonds. The molecule has 1 fully saturated rings. The average Bonchev–Trinajstić information content (AvgIpc) is 3.24. The summed E-state index contributed by atoms with van der Waals surface area (Å²) in [5.41, 5.74) is 1.98. The van der Waals surface area contributed by atoms with Gasteiger partial charge in [0.25, 0.3) is 0 Å². The van der Waals surface area contributed by atoms with E-state index in [1.54, 1.807) is 14.2 Å². The molecule has 28 heavy (non-hydrogen) atoms. The van der Waals surface area contributed by atoms with E-state index in [-0.39, 0.29) is 0 Å². The molecular weight excluding hydrogens is 380 g/mol. The van der Waals surface area contributed by atoms with Gasteiger partial charge in [-0.15, -0.1) is 0 Å². The molecule has 1 aliphatic heterocycles. The molecule has 2 heterocycles. The molecule has 0 spiro atoms. The molecule has 0 N–H and O–H groups in total. The molecule has 4 rings (SSSR count). The SMILES string of the molecule is COc1ccc(-c2noc(N3CCN(c4ccc(Cl)cc4)CC3)n2)cc1OC. The van der Waals surface area contributed by atoms with Crippen LogP contribution in [0, 0.1) is 0 Å². The van der Waals surface area contributed by atoms with Gasteiger partial charge < -0.3 is 23.8 Å². The van der Waals surface area contributed by atoms with E-state index < -0.39 is 0 Å². The molecule has 1 aliphatic rings. The van der Waals surface area contributed by atoms with Crippen LogP contribution in [0.4, 0.5) is 11.7 Å². The molecule has 2 aromatic carbocycles. The van der Waals surface area contributed by atoms with Crippen LogP contribution in [0.25, 0.3) is 11.4 Å². The van der Waals surface area contributed by atoms with Crippen molar-refractivity contribution in [2.24, 2.45) is 0 Å². The first-order chi connectivity index (χ1) is 13.7. The third-order valence-corrected chi connectivity index (χ3v) is 5.05. The Morgan fingerprint density at radius 3 is 2.25 bits per heavy atom. The Labute approximate surface area is 168 Å². The van der Waals surface area contributed by atoms with E-state index in [0.29, 0.717) is 23.3 Å². The van der Waals surface area contributed by atoms with Crippen molar-refractivity contribution in [2.45, 2.75) is 0 Å². The zero-order valence-corrected chi connectivity index (χ0v) is 16.5. The highest BCUT2D eigenvalue weighted by molar-refractivity contribution is 6.30. The quantitative estimate of drug-likeness (QED) is 0.646. The summed E-state index contributed by atoms with van der Waals surface area (Å²) in [5.74, 6) is 1.81. The first-order valence-electron chi connectivity index (χ1n) is 8.99. The minimum Gasteiger partial charge on any atom is -0.493 e. The number of methoxy groups -OCH3 is 2. The monoisotopic (exact) mass is 400 g/mol. The Kier molecular flexibility index (Phi) is 5.25. The minimum atomic E-state index is 0.524. The van der Waals surface area contributed by atoms with Gasteiger partial charge in [-0.1, -0.05) is 16.8 Å². The maximum absolute atomic E-state index is 5.97. The van der Waals surface area contributed by atoms with E-state index in [4.69, 9.17) is 25.6 Å². The number of hydrogen-bond acceptors (Lipinski definition) is 7. The van der Waals surface area contributed by atoms with Crippen molar-refractivity contribution in [3.8, 4) is 22.9 Å². The van der Waals surface area contributed by atoms with Crippen LogP contribution in [0.2, 0.25) is 5.02 Å². The Morgan fingerprint density at radius 2 is 1.57 bits per heavy atom. The predicted molar refractivity (Wildman–Crippen MR) is 109 cm³/mol. The van der Waals surface area contributed by atoms with Crippen molar-refractivity contribution in [1.82, 2.24) is 10.1 Å². The second-order valence-electron chi connectivity index (χ2n) is 6.42. The molecule has 0 bridgehead atoms. The van der Waals surface area contributed by atoms with Gasteiger partial charge in [-0.2, -0.15) is 4.98 Å². The van der Waals surface area contributed by atoms with Crippen LogP contribution in [0.15, 0.2) is 47.0 Å². The molecule has 8 heteroatoms. The van der Waals surface area contributed by atoms with Crippen LogP contribution in [-0.2, 0) is 0 Å². The van der Waals surface area contributed by atoms with Crippen LogP contribution in [0.3, 0.4) is 0 Å². The lowest BCUT2D eigenvalue weighted by molar-refractivity contribution is 0.355. The van der Waals surface area contributed by atoms with Gasteiger partial charge in [-0.3, -0.25) is 0 Å². The van der Waals surface area contributed by atoms with Gasteiger partial charge in [0.15, 0.2) is 11.5 Å². The van der Waals surface area contributed by atoms with Gasteiger partial charge >= 0.3 is 6.01 Å². The largest absolute Gasteiger partial charge is 0.493 e. The lowest BCUT2D eigenvalue weighted by atomic mass is 10.2. The van der Waals surface area contributed by atoms with Gasteiger partial charge in [0.2, 0.25) is 5.82 Å². The molecule has 1 saturated heterocycles. The number of ether oxygens (including phenoxy) is 2. The van der Waals surface area contributed by atoms with Crippen LogP contribution >= 0.6 is 11.6 Å². The van der Waals surface area contributed by atoms with E-state index in [2.05, 4.69) is 19.9 Å². The van der Waals surface area contributed by atoms with E-state index >= 15 is 0 Å². The number of anilines is 2. The maximum Gasteiger partial charge on any atom is 0.324 e. The van der Waals surface area contributed by atoms with Gasteiger partial charge in [-0.25, -0.2) is 0 Å². The van der Waals surface area contributed by atoms with Crippen molar-refractivity contribution in [3.05, 3.63) is 47.5 Å². The zero-order chi connectivity index (χ0) is 19.5. The van der Waals surface area contributed by atoms with Gasteiger partial charge in [0.1, 0.15) is 0 Å². The molecule has 3 aromatic rings. The van der Waals surface area contributed by atoms with Crippen LogP contribution in [0.5, 0.6) is 11.5 Å². The molecule has 0 aliphatic carbocycles. The maximum atomic E-state index is 5.97. The Morgan fingerprint density at radius 1 is 0.893 bits per heavy atom. The predicted octanol–water partition coefficient (Wildman–Crippen LogP) is 3.73. The summed E-state index contributed by atoms with van der Waals surface area (Å²) in [7, 11) is 3.21. The summed E-state index contributed by atoms with van der Waals surface area (Å²) < 4.78 is 16.1. The second-order valence-corrected chi connectivity index (χ2v) is 6.86. The standard InChI is InChI=1S/C20H21ClN4O3/c1-26-17-8-3-14(13-18(17)27-2)19-22-20(28-23-19)25-11-9-24(10-12-25)16-6-4-15(21)5-7-16/h3-8,13H,9-12H2,1-2H3. The number of piperazine rings is 1. The molecule has 0 radical (unpaired) electrons. The summed E-state index contributed by atoms with van der Waals surface area (Å²) in [5, 5.41) is 4.87. The van der Waals surface area contributed by atoms with Crippen molar-refractivity contribution in [3.63, 3.8) is 0 Å². The highest BCUT2D eigenvalue weighted by Gasteiger charge is 2.22. The Hall–Kier alpha value is -2.93. The lowest BCUT2D eigenvalue weighted by Gasteiger charge is -2.35. The summed E-state index contributed by atoms with van der Waals surface area (Å²) >= 11 is 5.97. The molecule has 0 saturated carbocycles. The average molecular weight is 401 g/mol. The molecule has 0 unspecified atom stereocenters. The number of benzene rings is 2. The normalized spacial score (nSPS) is 14.2. The fourth-order valence-electron chi connectivity index (χ4n) is 3.24. The summed E-state index contributed by atoms with van der Waals surface area (Å²) in [6.07, 6.45) is 0. The number of hydrogen-bond donors (Lipinski definition) is 0. The second kappa shape index (κ2) is 7.98. The molecule has 0 atom stereocenters. The van der Waals surface area contributed by atoms with E-state index in [0.717, 1.165) is 36.8 Å². The highest BCUT2D eigenvalue weighted by Crippen LogP contribution is 2.32. The highest BCUT2D eigenvalue weighted by atomic mass is 35.5. The third kappa shape index (κ3) is 3.71. The van der Waals surface area contributed by atoms with Crippen molar-refractivity contribution in [1.29, 1.82) is 0 Å². The molecule has 1 aromatic heterocycles. The summed E-state index contributed by atoms with van der Waals surface area (Å²) in [6, 6.07) is 14.0. The number of nitrogens with zero attached hydrogens (tertiary/aromatic N) is 4. The molecule has 146 valence electrons. The Bertz CT molecular complexity index is 937. The van der Waals surface area contributed by atoms with Crippen LogP contribution < -0.4 is 19.3 Å². The topological polar surface area (TPSA) is 63.9 Å². The zero-order valence-electron chi connectivity index (χ0n) is 15.8. The Balaban J connectivity index is 1.45. The van der Waals surface area contributed by atoms with Crippen LogP contribution in [0.1, 0.15) is 0 Å². The van der Waals surface area contributed by atoms with E-state index in [1.807, 2.05) is 42.5 Å². The first-order valence-corrected chi connectivity index (χ1v) is 9.37. The third-order valence-electron chi connectivity index (χ3n) is 4.80. The minimum absolute atomic E-state index is 0.524. The summed E-state index contributed by atoms with van der Waals surface area (Å²) in [6.45, 7) is 3.35. The van der Waals surface area contributed by atoms with Crippen molar-refractivity contribution in [2.75, 3.05) is 50.2 Å². The number of halogens is 1. The fourth-order valence-corrected chi connectivity index (χ4v) is 3.37. The fraction of sp³-hybridized carbons (Fsp3) is 0.300. The van der Waals surface area contributed by atoms with Crippen molar-refractivity contribution >= 4 is 23.3 Å². The number of aromatic nitrogens is 2. The van der Waals surface area contributed by atoms with E-state index in [9.17, 15) is 0 Å². The van der Waals surface area contributed by atoms with E-state index in [1.165, 1.54) is 5.69 Å². The van der Waals surface area contributed by atoms with Gasteiger partial charge in [0.05, 0.1) is 14.2 Å². The smallest absolute Gasteiger partial charge is 0.324 e. The lowest BCUT2D eigenvalue weighted by Crippen LogP contribution is -2.46. The van der Waals surface area contributed by atoms with Crippen molar-refractivity contribution < 1.29 is 14.0 Å². The van der Waals surface area contributed by atoms with Gasteiger partial charge in [0, 0.05) is 42.5 Å². The van der Waals surface area contributed by atoms with Crippen LogP contribution in [-0.4, -0.2) is 50.5 Å². The molecule has 7 nitrogen and oxygen atoms in total. The first kappa shape index (κ1) is 18.4. The number of rotatable bonds is 5. The summed E-state index contributed by atoms with van der Waals surface area (Å²) in [4.78, 5) is 8.98.